The maximum atomic E-state index is 11.9. The first-order chi connectivity index (χ1) is 10.7. The number of benzene rings is 2. The van der Waals surface area contributed by atoms with Crippen LogP contribution in [0.3, 0.4) is 0 Å². The SMILES string of the molecule is COC=C(C(=O)OC)c1ccccc1Oc1ccc(C)cc1. The highest BCUT2D eigenvalue weighted by molar-refractivity contribution is 6.17. The van der Waals surface area contributed by atoms with Crippen LogP contribution in [0.25, 0.3) is 5.57 Å². The standard InChI is InChI=1S/C18H18O4/c1-13-8-10-14(11-9-13)22-17-7-5-4-6-15(17)16(12-20-2)18(19)21-3/h4-12H,1-3H3. The molecule has 0 radical (unpaired) electrons. The van der Waals surface area contributed by atoms with E-state index in [-0.39, 0.29) is 0 Å². The Bertz CT molecular complexity index is 672. The third-order valence-electron chi connectivity index (χ3n) is 3.07. The molecule has 0 saturated carbocycles. The summed E-state index contributed by atoms with van der Waals surface area (Å²) in [5.41, 5.74) is 2.06. The third-order valence-corrected chi connectivity index (χ3v) is 3.07. The van der Waals surface area contributed by atoms with Crippen LogP contribution in [0, 0.1) is 6.92 Å². The van der Waals surface area contributed by atoms with Crippen molar-refractivity contribution in [3.8, 4) is 11.5 Å². The predicted octanol–water partition coefficient (Wildman–Crippen LogP) is 3.95. The van der Waals surface area contributed by atoms with Gasteiger partial charge in [0.15, 0.2) is 0 Å². The van der Waals surface area contributed by atoms with Gasteiger partial charge in [-0.05, 0) is 25.1 Å². The van der Waals surface area contributed by atoms with Gasteiger partial charge in [0.05, 0.1) is 20.5 Å². The van der Waals surface area contributed by atoms with Gasteiger partial charge < -0.3 is 14.2 Å². The maximum Gasteiger partial charge on any atom is 0.341 e. The summed E-state index contributed by atoms with van der Waals surface area (Å²) in [4.78, 5) is 11.9. The molecule has 0 fully saturated rings. The molecular formula is C18H18O4. The van der Waals surface area contributed by atoms with Gasteiger partial charge in [-0.3, -0.25) is 0 Å². The first-order valence-corrected chi connectivity index (χ1v) is 6.81. The fourth-order valence-corrected chi connectivity index (χ4v) is 1.96. The molecule has 0 saturated heterocycles. The molecule has 0 bridgehead atoms. The largest absolute Gasteiger partial charge is 0.503 e. The lowest BCUT2D eigenvalue weighted by Crippen LogP contribution is -2.05. The quantitative estimate of drug-likeness (QED) is 0.476. The van der Waals surface area contributed by atoms with Crippen LogP contribution < -0.4 is 4.74 Å². The number of carbonyl (C=O) groups is 1. The molecular weight excluding hydrogens is 280 g/mol. The summed E-state index contributed by atoms with van der Waals surface area (Å²) in [5.74, 6) is 0.765. The summed E-state index contributed by atoms with van der Waals surface area (Å²) < 4.78 is 15.7. The highest BCUT2D eigenvalue weighted by Crippen LogP contribution is 2.31. The second-order valence-electron chi connectivity index (χ2n) is 4.67. The predicted molar refractivity (Wildman–Crippen MR) is 84.7 cm³/mol. The molecule has 2 rings (SSSR count). The van der Waals surface area contributed by atoms with Crippen molar-refractivity contribution in [2.75, 3.05) is 14.2 Å². The third kappa shape index (κ3) is 3.67. The average Bonchev–Trinajstić information content (AvgIpc) is 2.55. The van der Waals surface area contributed by atoms with Gasteiger partial charge in [-0.1, -0.05) is 35.9 Å². The zero-order chi connectivity index (χ0) is 15.9. The van der Waals surface area contributed by atoms with E-state index in [1.54, 1.807) is 12.1 Å². The van der Waals surface area contributed by atoms with Crippen molar-refractivity contribution in [2.45, 2.75) is 6.92 Å². The van der Waals surface area contributed by atoms with Gasteiger partial charge in [0.1, 0.15) is 17.1 Å². The molecule has 4 heteroatoms. The van der Waals surface area contributed by atoms with Crippen molar-refractivity contribution < 1.29 is 19.0 Å². The molecule has 2 aromatic rings. The zero-order valence-electron chi connectivity index (χ0n) is 12.8. The number of esters is 1. The normalized spacial score (nSPS) is 11.0. The van der Waals surface area contributed by atoms with Crippen LogP contribution >= 0.6 is 0 Å². The van der Waals surface area contributed by atoms with E-state index in [1.807, 2.05) is 43.3 Å². The van der Waals surface area contributed by atoms with E-state index in [0.29, 0.717) is 22.6 Å². The fraction of sp³-hybridized carbons (Fsp3) is 0.167. The lowest BCUT2D eigenvalue weighted by Gasteiger charge is -2.12. The molecule has 0 spiro atoms. The van der Waals surface area contributed by atoms with E-state index < -0.39 is 5.97 Å². The molecule has 0 aromatic heterocycles. The molecule has 0 N–H and O–H groups in total. The monoisotopic (exact) mass is 298 g/mol. The number of hydrogen-bond donors (Lipinski definition) is 0. The zero-order valence-corrected chi connectivity index (χ0v) is 12.8. The van der Waals surface area contributed by atoms with Crippen molar-refractivity contribution >= 4 is 11.5 Å². The van der Waals surface area contributed by atoms with Crippen molar-refractivity contribution in [1.82, 2.24) is 0 Å². The lowest BCUT2D eigenvalue weighted by atomic mass is 10.1. The number of hydrogen-bond acceptors (Lipinski definition) is 4. The van der Waals surface area contributed by atoms with Gasteiger partial charge >= 0.3 is 5.97 Å². The van der Waals surface area contributed by atoms with Crippen LogP contribution in [0.5, 0.6) is 11.5 Å². The van der Waals surface area contributed by atoms with Crippen LogP contribution in [-0.2, 0) is 14.3 Å². The minimum absolute atomic E-state index is 0.299. The minimum Gasteiger partial charge on any atom is -0.503 e. The first kappa shape index (κ1) is 15.6. The number of rotatable bonds is 5. The van der Waals surface area contributed by atoms with Crippen LogP contribution in [0.15, 0.2) is 54.8 Å². The molecule has 0 amide bonds. The Morgan fingerprint density at radius 3 is 2.32 bits per heavy atom. The summed E-state index contributed by atoms with van der Waals surface area (Å²) in [5, 5.41) is 0. The van der Waals surface area contributed by atoms with E-state index in [4.69, 9.17) is 14.2 Å². The van der Waals surface area contributed by atoms with Crippen LogP contribution in [0.1, 0.15) is 11.1 Å². The van der Waals surface area contributed by atoms with Gasteiger partial charge in [-0.25, -0.2) is 4.79 Å². The molecule has 2 aromatic carbocycles. The molecule has 0 unspecified atom stereocenters. The highest BCUT2D eigenvalue weighted by atomic mass is 16.5. The summed E-state index contributed by atoms with van der Waals surface area (Å²) in [7, 11) is 2.81. The number of methoxy groups -OCH3 is 2. The van der Waals surface area contributed by atoms with Gasteiger partial charge in [0, 0.05) is 5.56 Å². The Morgan fingerprint density at radius 2 is 1.68 bits per heavy atom. The topological polar surface area (TPSA) is 44.8 Å². The van der Waals surface area contributed by atoms with Gasteiger partial charge in [-0.2, -0.15) is 0 Å². The molecule has 0 atom stereocenters. The Kier molecular flexibility index (Phi) is 5.20. The van der Waals surface area contributed by atoms with E-state index in [2.05, 4.69) is 0 Å². The number of carbonyl (C=O) groups excluding carboxylic acids is 1. The van der Waals surface area contributed by atoms with Crippen LogP contribution in [0.2, 0.25) is 0 Å². The van der Waals surface area contributed by atoms with Crippen molar-refractivity contribution in [3.05, 3.63) is 65.9 Å². The number of aryl methyl sites for hydroxylation is 1. The smallest absolute Gasteiger partial charge is 0.341 e. The van der Waals surface area contributed by atoms with Gasteiger partial charge in [0.2, 0.25) is 0 Å². The van der Waals surface area contributed by atoms with E-state index >= 15 is 0 Å². The second-order valence-corrected chi connectivity index (χ2v) is 4.67. The molecule has 22 heavy (non-hydrogen) atoms. The lowest BCUT2D eigenvalue weighted by molar-refractivity contribution is -0.133. The van der Waals surface area contributed by atoms with Crippen molar-refractivity contribution in [3.63, 3.8) is 0 Å². The van der Waals surface area contributed by atoms with E-state index in [9.17, 15) is 4.79 Å². The maximum absolute atomic E-state index is 11.9. The molecule has 0 heterocycles. The highest BCUT2D eigenvalue weighted by Gasteiger charge is 2.17. The Morgan fingerprint density at radius 1 is 1.00 bits per heavy atom. The summed E-state index contributed by atoms with van der Waals surface area (Å²) in [6.07, 6.45) is 1.35. The van der Waals surface area contributed by atoms with Crippen molar-refractivity contribution in [1.29, 1.82) is 0 Å². The Hall–Kier alpha value is -2.75. The van der Waals surface area contributed by atoms with Gasteiger partial charge in [-0.15, -0.1) is 0 Å². The summed E-state index contributed by atoms with van der Waals surface area (Å²) in [6, 6.07) is 14.9. The number of ether oxygens (including phenoxy) is 3. The van der Waals surface area contributed by atoms with Crippen LogP contribution in [-0.4, -0.2) is 20.2 Å². The average molecular weight is 298 g/mol. The Labute approximate surface area is 129 Å². The van der Waals surface area contributed by atoms with Gasteiger partial charge in [0.25, 0.3) is 0 Å². The van der Waals surface area contributed by atoms with Crippen LogP contribution in [0.4, 0.5) is 0 Å². The molecule has 0 aliphatic heterocycles. The summed E-state index contributed by atoms with van der Waals surface area (Å²) >= 11 is 0. The first-order valence-electron chi connectivity index (χ1n) is 6.81. The molecule has 0 aliphatic carbocycles. The molecule has 114 valence electrons. The molecule has 0 aliphatic rings. The second kappa shape index (κ2) is 7.31. The van der Waals surface area contributed by atoms with Crippen molar-refractivity contribution in [2.24, 2.45) is 0 Å². The minimum atomic E-state index is -0.484. The fourth-order valence-electron chi connectivity index (χ4n) is 1.96. The van der Waals surface area contributed by atoms with E-state index in [1.165, 1.54) is 20.5 Å². The summed E-state index contributed by atoms with van der Waals surface area (Å²) in [6.45, 7) is 2.01. The molecule has 4 nitrogen and oxygen atoms in total. The number of para-hydroxylation sites is 1. The van der Waals surface area contributed by atoms with E-state index in [0.717, 1.165) is 5.56 Å². The Balaban J connectivity index is 2.39.